The third-order valence-corrected chi connectivity index (χ3v) is 7.25. The Morgan fingerprint density at radius 2 is 1.74 bits per heavy atom. The van der Waals surface area contributed by atoms with Crippen molar-refractivity contribution >= 4 is 33.2 Å². The monoisotopic (exact) mass is 477 g/mol. The number of benzene rings is 3. The Hall–Kier alpha value is -3.49. The Bertz CT molecular complexity index is 1310. The van der Waals surface area contributed by atoms with Crippen LogP contribution in [-0.4, -0.2) is 26.3 Å². The lowest BCUT2D eigenvalue weighted by atomic mass is 10.0. The molecule has 0 spiro atoms. The van der Waals surface area contributed by atoms with Gasteiger partial charge in [0, 0.05) is 17.8 Å². The molecule has 0 saturated heterocycles. The first-order valence-electron chi connectivity index (χ1n) is 11.2. The molecule has 0 radical (unpaired) electrons. The highest BCUT2D eigenvalue weighted by molar-refractivity contribution is 7.89. The first-order chi connectivity index (χ1) is 16.3. The average molecular weight is 478 g/mol. The van der Waals surface area contributed by atoms with Crippen LogP contribution in [-0.2, 0) is 38.9 Å². The van der Waals surface area contributed by atoms with Crippen molar-refractivity contribution < 1.29 is 18.0 Å². The summed E-state index contributed by atoms with van der Waals surface area (Å²) in [5, 5.41) is 5.60. The Morgan fingerprint density at radius 3 is 2.50 bits per heavy atom. The van der Waals surface area contributed by atoms with Crippen molar-refractivity contribution in [3.63, 3.8) is 0 Å². The summed E-state index contributed by atoms with van der Waals surface area (Å²) in [5.41, 5.74) is 3.89. The number of sulfonamides is 1. The second-order valence-electron chi connectivity index (χ2n) is 8.27. The molecular formula is C26H27N3O4S. The van der Waals surface area contributed by atoms with Gasteiger partial charge < -0.3 is 10.6 Å². The molecule has 3 aromatic carbocycles. The molecule has 34 heavy (non-hydrogen) atoms. The molecule has 3 aromatic rings. The lowest BCUT2D eigenvalue weighted by Gasteiger charge is -2.21. The van der Waals surface area contributed by atoms with Crippen LogP contribution < -0.4 is 15.4 Å². The minimum atomic E-state index is -4.00. The molecule has 8 heteroatoms. The van der Waals surface area contributed by atoms with Gasteiger partial charge in [-0.2, -0.15) is 4.72 Å². The van der Waals surface area contributed by atoms with Crippen LogP contribution in [0.15, 0.2) is 77.7 Å². The highest BCUT2D eigenvalue weighted by Crippen LogP contribution is 2.26. The van der Waals surface area contributed by atoms with Gasteiger partial charge in [0.1, 0.15) is 6.04 Å². The normalized spacial score (nSPS) is 14.1. The summed E-state index contributed by atoms with van der Waals surface area (Å²) in [6, 6.07) is 20.3. The van der Waals surface area contributed by atoms with E-state index in [0.29, 0.717) is 24.2 Å². The van der Waals surface area contributed by atoms with Crippen molar-refractivity contribution in [3.8, 4) is 0 Å². The lowest BCUT2D eigenvalue weighted by Crippen LogP contribution is -2.45. The van der Waals surface area contributed by atoms with Crippen molar-refractivity contribution in [2.24, 2.45) is 0 Å². The van der Waals surface area contributed by atoms with Crippen LogP contribution in [0.3, 0.4) is 0 Å². The van der Waals surface area contributed by atoms with Crippen molar-refractivity contribution in [2.75, 3.05) is 10.6 Å². The van der Waals surface area contributed by atoms with Gasteiger partial charge in [0.2, 0.25) is 21.8 Å². The molecule has 0 saturated carbocycles. The topological polar surface area (TPSA) is 104 Å². The number of fused-ring (bicyclic) bond motifs is 1. The molecular weight excluding hydrogens is 450 g/mol. The minimum absolute atomic E-state index is 0.0567. The van der Waals surface area contributed by atoms with Gasteiger partial charge >= 0.3 is 0 Å². The molecule has 4 rings (SSSR count). The Balaban J connectivity index is 1.59. The zero-order valence-electron chi connectivity index (χ0n) is 18.9. The van der Waals surface area contributed by atoms with E-state index in [1.165, 1.54) is 6.07 Å². The third-order valence-electron chi connectivity index (χ3n) is 5.78. The van der Waals surface area contributed by atoms with E-state index >= 15 is 0 Å². The predicted octanol–water partition coefficient (Wildman–Crippen LogP) is 3.66. The standard InChI is InChI=1S/C26H27N3O4S/c1-2-18-9-6-10-21(15-18)27-26(31)24(16-19-7-4-3-5-8-19)29-34(32,33)22-12-13-23-20(17-22)11-14-25(30)28-23/h3-10,12-13,15,17,24,29H,2,11,14,16H2,1H3,(H,27,31)(H,28,30)/t24-/m0/s1. The summed E-state index contributed by atoms with van der Waals surface area (Å²) in [5.74, 6) is -0.529. The van der Waals surface area contributed by atoms with E-state index in [1.54, 1.807) is 18.2 Å². The highest BCUT2D eigenvalue weighted by atomic mass is 32.2. The van der Waals surface area contributed by atoms with Crippen molar-refractivity contribution in [1.29, 1.82) is 0 Å². The smallest absolute Gasteiger partial charge is 0.242 e. The van der Waals surface area contributed by atoms with Gasteiger partial charge in [-0.1, -0.05) is 49.4 Å². The van der Waals surface area contributed by atoms with Gasteiger partial charge in [0.25, 0.3) is 0 Å². The van der Waals surface area contributed by atoms with Gasteiger partial charge in [-0.25, -0.2) is 8.42 Å². The highest BCUT2D eigenvalue weighted by Gasteiger charge is 2.27. The van der Waals surface area contributed by atoms with Crippen molar-refractivity contribution in [3.05, 3.63) is 89.5 Å². The first kappa shape index (κ1) is 23.7. The summed E-state index contributed by atoms with van der Waals surface area (Å²) in [7, 11) is -4.00. The van der Waals surface area contributed by atoms with Gasteiger partial charge in [0.05, 0.1) is 4.90 Å². The number of hydrogen-bond acceptors (Lipinski definition) is 4. The summed E-state index contributed by atoms with van der Waals surface area (Å²) in [6.07, 6.45) is 1.79. The number of amides is 2. The van der Waals surface area contributed by atoms with Crippen LogP contribution >= 0.6 is 0 Å². The van der Waals surface area contributed by atoms with Crippen molar-refractivity contribution in [1.82, 2.24) is 4.72 Å². The fourth-order valence-electron chi connectivity index (χ4n) is 3.92. The molecule has 1 aliphatic rings. The summed E-state index contributed by atoms with van der Waals surface area (Å²) >= 11 is 0. The molecule has 0 bridgehead atoms. The molecule has 176 valence electrons. The van der Waals surface area contributed by atoms with E-state index in [1.807, 2.05) is 55.5 Å². The summed E-state index contributed by atoms with van der Waals surface area (Å²) in [6.45, 7) is 2.03. The largest absolute Gasteiger partial charge is 0.326 e. The average Bonchev–Trinajstić information content (AvgIpc) is 2.84. The van der Waals surface area contributed by atoms with Gasteiger partial charge in [0.15, 0.2) is 0 Å². The number of anilines is 2. The van der Waals surface area contributed by atoms with E-state index in [2.05, 4.69) is 15.4 Å². The fraction of sp³-hybridized carbons (Fsp3) is 0.231. The van der Waals surface area contributed by atoms with Crippen LogP contribution in [0.5, 0.6) is 0 Å². The molecule has 1 atom stereocenters. The molecule has 0 fully saturated rings. The molecule has 1 heterocycles. The Kier molecular flexibility index (Phi) is 7.09. The first-order valence-corrected chi connectivity index (χ1v) is 12.7. The fourth-order valence-corrected chi connectivity index (χ4v) is 5.16. The number of rotatable bonds is 8. The van der Waals surface area contributed by atoms with Crippen LogP contribution in [0, 0.1) is 0 Å². The van der Waals surface area contributed by atoms with E-state index in [4.69, 9.17) is 0 Å². The second kappa shape index (κ2) is 10.2. The summed E-state index contributed by atoms with van der Waals surface area (Å²) in [4.78, 5) is 24.9. The van der Waals surface area contributed by atoms with Crippen LogP contribution in [0.25, 0.3) is 0 Å². The maximum atomic E-state index is 13.3. The van der Waals surface area contributed by atoms with E-state index in [-0.39, 0.29) is 17.2 Å². The predicted molar refractivity (Wildman–Crippen MR) is 132 cm³/mol. The Morgan fingerprint density at radius 1 is 0.971 bits per heavy atom. The Labute approximate surface area is 199 Å². The van der Waals surface area contributed by atoms with Crippen LogP contribution in [0.4, 0.5) is 11.4 Å². The minimum Gasteiger partial charge on any atom is -0.326 e. The molecule has 3 N–H and O–H groups in total. The van der Waals surface area contributed by atoms with E-state index in [0.717, 1.165) is 23.1 Å². The number of carbonyl (C=O) groups excluding carboxylic acids is 2. The molecule has 0 unspecified atom stereocenters. The maximum Gasteiger partial charge on any atom is 0.242 e. The van der Waals surface area contributed by atoms with E-state index < -0.39 is 22.0 Å². The van der Waals surface area contributed by atoms with Gasteiger partial charge in [-0.05, 0) is 66.3 Å². The quantitative estimate of drug-likeness (QED) is 0.461. The van der Waals surface area contributed by atoms with E-state index in [9.17, 15) is 18.0 Å². The number of carbonyl (C=O) groups is 2. The molecule has 0 aromatic heterocycles. The van der Waals surface area contributed by atoms with Crippen molar-refractivity contribution in [2.45, 2.75) is 43.5 Å². The maximum absolute atomic E-state index is 13.3. The number of hydrogen-bond donors (Lipinski definition) is 3. The molecule has 0 aliphatic carbocycles. The zero-order chi connectivity index (χ0) is 24.1. The SMILES string of the molecule is CCc1cccc(NC(=O)[C@H](Cc2ccccc2)NS(=O)(=O)c2ccc3c(c2)CCC(=O)N3)c1. The molecule has 7 nitrogen and oxygen atoms in total. The summed E-state index contributed by atoms with van der Waals surface area (Å²) < 4.78 is 29.1. The second-order valence-corrected chi connectivity index (χ2v) is 9.99. The van der Waals surface area contributed by atoms with Gasteiger partial charge in [-0.3, -0.25) is 9.59 Å². The van der Waals surface area contributed by atoms with Crippen LogP contribution in [0.1, 0.15) is 30.0 Å². The molecule has 2 amide bonds. The number of nitrogens with one attached hydrogen (secondary N) is 3. The number of aryl methyl sites for hydroxylation is 2. The lowest BCUT2D eigenvalue weighted by molar-refractivity contribution is -0.118. The van der Waals surface area contributed by atoms with Gasteiger partial charge in [-0.15, -0.1) is 0 Å². The third kappa shape index (κ3) is 5.70. The zero-order valence-corrected chi connectivity index (χ0v) is 19.7. The van der Waals surface area contributed by atoms with Crippen LogP contribution in [0.2, 0.25) is 0 Å². The molecule has 1 aliphatic heterocycles.